The van der Waals surface area contributed by atoms with E-state index >= 15 is 0 Å². The minimum Gasteiger partial charge on any atom is -0.388 e. The molecule has 14 heavy (non-hydrogen) atoms. The molecule has 0 bridgehead atoms. The maximum Gasteiger partial charge on any atom is 0.0815 e. The lowest BCUT2D eigenvalue weighted by atomic mass is 9.94. The predicted octanol–water partition coefficient (Wildman–Crippen LogP) is 1.31. The van der Waals surface area contributed by atoms with Crippen LogP contribution in [-0.4, -0.2) is 36.5 Å². The average Bonchev–Trinajstić information content (AvgIpc) is 2.20. The van der Waals surface area contributed by atoms with Gasteiger partial charge in [-0.05, 0) is 12.8 Å². The molecule has 1 aliphatic heterocycles. The molecule has 0 aromatic rings. The first-order valence-corrected chi connectivity index (χ1v) is 5.73. The average molecular weight is 201 g/mol. The van der Waals surface area contributed by atoms with Crippen molar-refractivity contribution in [2.24, 2.45) is 0 Å². The summed E-state index contributed by atoms with van der Waals surface area (Å²) in [7, 11) is 0. The Hall–Kier alpha value is -0.120. The van der Waals surface area contributed by atoms with Crippen LogP contribution in [0.3, 0.4) is 0 Å². The van der Waals surface area contributed by atoms with Gasteiger partial charge in [-0.15, -0.1) is 0 Å². The Morgan fingerprint density at radius 3 is 2.36 bits per heavy atom. The van der Waals surface area contributed by atoms with E-state index in [0.717, 1.165) is 25.7 Å². The molecular formula is C11H23NO2. The van der Waals surface area contributed by atoms with E-state index in [1.54, 1.807) is 0 Å². The summed E-state index contributed by atoms with van der Waals surface area (Å²) < 4.78 is 5.24. The van der Waals surface area contributed by atoms with Gasteiger partial charge in [-0.3, -0.25) is 0 Å². The van der Waals surface area contributed by atoms with Crippen molar-refractivity contribution in [3.8, 4) is 0 Å². The number of ether oxygens (including phenoxy) is 1. The van der Waals surface area contributed by atoms with Crippen LogP contribution in [-0.2, 0) is 4.74 Å². The first-order chi connectivity index (χ1) is 6.70. The standard InChI is InChI=1S/C11H23NO2/c1-3-10(4-2)12-9-11(13)5-7-14-8-6-11/h10,12-13H,3-9H2,1-2H3. The molecule has 0 amide bonds. The highest BCUT2D eigenvalue weighted by atomic mass is 16.5. The summed E-state index contributed by atoms with van der Waals surface area (Å²) in [5.41, 5.74) is -0.527. The van der Waals surface area contributed by atoms with E-state index in [1.807, 2.05) is 0 Å². The summed E-state index contributed by atoms with van der Waals surface area (Å²) in [6.07, 6.45) is 3.78. The topological polar surface area (TPSA) is 41.5 Å². The fourth-order valence-electron chi connectivity index (χ4n) is 1.84. The molecule has 3 heteroatoms. The Bertz CT molecular complexity index is 151. The van der Waals surface area contributed by atoms with Gasteiger partial charge in [0.25, 0.3) is 0 Å². The largest absolute Gasteiger partial charge is 0.388 e. The normalized spacial score (nSPS) is 21.4. The Morgan fingerprint density at radius 1 is 1.29 bits per heavy atom. The fourth-order valence-corrected chi connectivity index (χ4v) is 1.84. The molecule has 0 aromatic heterocycles. The molecule has 2 N–H and O–H groups in total. The van der Waals surface area contributed by atoms with Gasteiger partial charge >= 0.3 is 0 Å². The Morgan fingerprint density at radius 2 is 1.86 bits per heavy atom. The first-order valence-electron chi connectivity index (χ1n) is 5.73. The summed E-state index contributed by atoms with van der Waals surface area (Å²) >= 11 is 0. The number of hydrogen-bond acceptors (Lipinski definition) is 3. The highest BCUT2D eigenvalue weighted by Gasteiger charge is 2.29. The van der Waals surface area contributed by atoms with Crippen LogP contribution in [0.1, 0.15) is 39.5 Å². The molecule has 1 fully saturated rings. The van der Waals surface area contributed by atoms with Crippen molar-refractivity contribution in [3.63, 3.8) is 0 Å². The maximum atomic E-state index is 10.2. The van der Waals surface area contributed by atoms with Crippen molar-refractivity contribution in [3.05, 3.63) is 0 Å². The van der Waals surface area contributed by atoms with E-state index in [2.05, 4.69) is 19.2 Å². The number of hydrogen-bond donors (Lipinski definition) is 2. The van der Waals surface area contributed by atoms with Crippen LogP contribution in [0.2, 0.25) is 0 Å². The first kappa shape index (κ1) is 12.0. The molecule has 0 unspecified atom stereocenters. The van der Waals surface area contributed by atoms with Gasteiger partial charge in [-0.25, -0.2) is 0 Å². The Labute approximate surface area is 86.8 Å². The number of rotatable bonds is 5. The highest BCUT2D eigenvalue weighted by Crippen LogP contribution is 2.19. The molecule has 84 valence electrons. The van der Waals surface area contributed by atoms with Crippen molar-refractivity contribution >= 4 is 0 Å². The molecule has 0 aliphatic carbocycles. The minimum atomic E-state index is -0.527. The van der Waals surface area contributed by atoms with Gasteiger partial charge < -0.3 is 15.2 Å². The second-order valence-corrected chi connectivity index (χ2v) is 4.23. The number of nitrogens with one attached hydrogen (secondary N) is 1. The Balaban J connectivity index is 2.27. The lowest BCUT2D eigenvalue weighted by Gasteiger charge is -2.33. The van der Waals surface area contributed by atoms with E-state index in [0.29, 0.717) is 25.8 Å². The molecule has 3 nitrogen and oxygen atoms in total. The zero-order valence-corrected chi connectivity index (χ0v) is 9.38. The molecule has 1 saturated heterocycles. The van der Waals surface area contributed by atoms with Crippen molar-refractivity contribution in [2.75, 3.05) is 19.8 Å². The summed E-state index contributed by atoms with van der Waals surface area (Å²) in [6.45, 7) is 6.45. The second kappa shape index (κ2) is 5.69. The lowest BCUT2D eigenvalue weighted by molar-refractivity contribution is -0.0628. The quantitative estimate of drug-likeness (QED) is 0.704. The molecule has 1 aliphatic rings. The van der Waals surface area contributed by atoms with Gasteiger partial charge in [-0.1, -0.05) is 13.8 Å². The number of aliphatic hydroxyl groups is 1. The van der Waals surface area contributed by atoms with Crippen molar-refractivity contribution < 1.29 is 9.84 Å². The fraction of sp³-hybridized carbons (Fsp3) is 1.00. The van der Waals surface area contributed by atoms with E-state index in [1.165, 1.54) is 0 Å². The van der Waals surface area contributed by atoms with E-state index < -0.39 is 5.60 Å². The molecule has 1 heterocycles. The summed E-state index contributed by atoms with van der Waals surface area (Å²) in [5.74, 6) is 0. The minimum absolute atomic E-state index is 0.527. The monoisotopic (exact) mass is 201 g/mol. The van der Waals surface area contributed by atoms with Crippen LogP contribution in [0.4, 0.5) is 0 Å². The smallest absolute Gasteiger partial charge is 0.0815 e. The molecule has 0 atom stereocenters. The van der Waals surface area contributed by atoms with Crippen LogP contribution in [0.25, 0.3) is 0 Å². The van der Waals surface area contributed by atoms with Crippen LogP contribution in [0.15, 0.2) is 0 Å². The molecule has 0 saturated carbocycles. The van der Waals surface area contributed by atoms with Crippen LogP contribution >= 0.6 is 0 Å². The SMILES string of the molecule is CCC(CC)NCC1(O)CCOCC1. The summed E-state index contributed by atoms with van der Waals surface area (Å²) in [5, 5.41) is 13.6. The second-order valence-electron chi connectivity index (χ2n) is 4.23. The van der Waals surface area contributed by atoms with Crippen molar-refractivity contribution in [1.82, 2.24) is 5.32 Å². The summed E-state index contributed by atoms with van der Waals surface area (Å²) in [6, 6.07) is 0.543. The van der Waals surface area contributed by atoms with E-state index in [4.69, 9.17) is 4.74 Å². The van der Waals surface area contributed by atoms with Crippen LogP contribution in [0.5, 0.6) is 0 Å². The molecule has 0 radical (unpaired) electrons. The van der Waals surface area contributed by atoms with Crippen molar-refractivity contribution in [2.45, 2.75) is 51.2 Å². The van der Waals surface area contributed by atoms with Crippen LogP contribution < -0.4 is 5.32 Å². The lowest BCUT2D eigenvalue weighted by Crippen LogP contribution is -2.47. The zero-order valence-electron chi connectivity index (χ0n) is 9.38. The van der Waals surface area contributed by atoms with Gasteiger partial charge in [0.05, 0.1) is 5.60 Å². The predicted molar refractivity (Wildman–Crippen MR) is 57.4 cm³/mol. The zero-order chi connectivity index (χ0) is 10.4. The summed E-state index contributed by atoms with van der Waals surface area (Å²) in [4.78, 5) is 0. The van der Waals surface area contributed by atoms with Gasteiger partial charge in [0, 0.05) is 38.6 Å². The molecule has 0 aromatic carbocycles. The molecule has 1 rings (SSSR count). The third-order valence-corrected chi connectivity index (χ3v) is 3.13. The molecular weight excluding hydrogens is 178 g/mol. The van der Waals surface area contributed by atoms with Gasteiger partial charge in [0.15, 0.2) is 0 Å². The van der Waals surface area contributed by atoms with E-state index in [9.17, 15) is 5.11 Å². The Kier molecular flexibility index (Phi) is 4.85. The van der Waals surface area contributed by atoms with Gasteiger partial charge in [0.2, 0.25) is 0 Å². The highest BCUT2D eigenvalue weighted by molar-refractivity contribution is 4.84. The third-order valence-electron chi connectivity index (χ3n) is 3.13. The van der Waals surface area contributed by atoms with Crippen LogP contribution in [0, 0.1) is 0 Å². The van der Waals surface area contributed by atoms with E-state index in [-0.39, 0.29) is 0 Å². The third kappa shape index (κ3) is 3.56. The van der Waals surface area contributed by atoms with Gasteiger partial charge in [0.1, 0.15) is 0 Å². The maximum absolute atomic E-state index is 10.2. The van der Waals surface area contributed by atoms with Gasteiger partial charge in [-0.2, -0.15) is 0 Å². The molecule has 0 spiro atoms. The van der Waals surface area contributed by atoms with Crippen molar-refractivity contribution in [1.29, 1.82) is 0 Å².